The Morgan fingerprint density at radius 1 is 1.03 bits per heavy atom. The minimum atomic E-state index is -3.81. The zero-order chi connectivity index (χ0) is 23.6. The number of nitro groups is 1. The lowest BCUT2D eigenvalue weighted by Gasteiger charge is -2.31. The standard InChI is InChI=1S/C22H28N4O6S/c1-3-24(16-17-4-7-21-22(14-17)32-13-12-31-21)19-6-5-18(15-20(19)26(27)28)33(29,30)25-10-8-23(2)9-11-25/h4-7,14-15H,3,8-13,16H2,1-2H3. The fraction of sp³-hybridized carbons (Fsp3) is 0.455. The Balaban J connectivity index is 1.62. The number of benzene rings is 2. The Hall–Kier alpha value is -2.89. The largest absolute Gasteiger partial charge is 0.486 e. The second-order valence-corrected chi connectivity index (χ2v) is 10.0. The zero-order valence-electron chi connectivity index (χ0n) is 18.8. The Morgan fingerprint density at radius 3 is 2.39 bits per heavy atom. The third-order valence-electron chi connectivity index (χ3n) is 5.95. The van der Waals surface area contributed by atoms with Gasteiger partial charge in [-0.3, -0.25) is 10.1 Å². The number of nitrogens with zero attached hydrogens (tertiary/aromatic N) is 4. The number of hydrogen-bond acceptors (Lipinski definition) is 8. The van der Waals surface area contributed by atoms with E-state index in [0.29, 0.717) is 69.7 Å². The van der Waals surface area contributed by atoms with Gasteiger partial charge in [0.25, 0.3) is 5.69 Å². The van der Waals surface area contributed by atoms with Gasteiger partial charge < -0.3 is 19.3 Å². The minimum Gasteiger partial charge on any atom is -0.486 e. The van der Waals surface area contributed by atoms with E-state index in [4.69, 9.17) is 9.47 Å². The van der Waals surface area contributed by atoms with Gasteiger partial charge >= 0.3 is 0 Å². The molecule has 2 aromatic carbocycles. The number of anilines is 1. The number of sulfonamides is 1. The van der Waals surface area contributed by atoms with Crippen molar-refractivity contribution in [2.75, 3.05) is 57.9 Å². The van der Waals surface area contributed by atoms with E-state index >= 15 is 0 Å². The first kappa shape index (κ1) is 23.3. The zero-order valence-corrected chi connectivity index (χ0v) is 19.6. The van der Waals surface area contributed by atoms with Crippen molar-refractivity contribution in [3.05, 3.63) is 52.1 Å². The molecule has 0 saturated carbocycles. The van der Waals surface area contributed by atoms with Crippen LogP contribution in [-0.4, -0.2) is 75.5 Å². The van der Waals surface area contributed by atoms with Gasteiger partial charge in [0.2, 0.25) is 10.0 Å². The van der Waals surface area contributed by atoms with Gasteiger partial charge in [0.05, 0.1) is 9.82 Å². The van der Waals surface area contributed by atoms with Crippen LogP contribution in [0.3, 0.4) is 0 Å². The topological polar surface area (TPSA) is 105 Å². The fourth-order valence-electron chi connectivity index (χ4n) is 4.03. The third kappa shape index (κ3) is 4.90. The molecule has 2 aromatic rings. The van der Waals surface area contributed by atoms with Crippen LogP contribution in [0.4, 0.5) is 11.4 Å². The normalized spacial score (nSPS) is 17.0. The van der Waals surface area contributed by atoms with Crippen molar-refractivity contribution in [1.82, 2.24) is 9.21 Å². The lowest BCUT2D eigenvalue weighted by molar-refractivity contribution is -0.384. The molecule has 0 amide bonds. The third-order valence-corrected chi connectivity index (χ3v) is 7.84. The lowest BCUT2D eigenvalue weighted by atomic mass is 10.1. The van der Waals surface area contributed by atoms with Gasteiger partial charge in [-0.2, -0.15) is 4.31 Å². The first-order valence-corrected chi connectivity index (χ1v) is 12.3. The highest BCUT2D eigenvalue weighted by Gasteiger charge is 2.30. The van der Waals surface area contributed by atoms with Crippen molar-refractivity contribution in [2.24, 2.45) is 0 Å². The van der Waals surface area contributed by atoms with Gasteiger partial charge in [-0.25, -0.2) is 8.42 Å². The quantitative estimate of drug-likeness (QED) is 0.443. The molecule has 33 heavy (non-hydrogen) atoms. The van der Waals surface area contributed by atoms with Crippen molar-refractivity contribution in [1.29, 1.82) is 0 Å². The number of likely N-dealkylation sites (N-methyl/N-ethyl adjacent to an activating group) is 1. The van der Waals surface area contributed by atoms with Crippen LogP contribution in [0.1, 0.15) is 12.5 Å². The predicted molar refractivity (Wildman–Crippen MR) is 124 cm³/mol. The van der Waals surface area contributed by atoms with Gasteiger partial charge in [-0.1, -0.05) is 6.07 Å². The van der Waals surface area contributed by atoms with Crippen LogP contribution in [0.25, 0.3) is 0 Å². The molecule has 0 N–H and O–H groups in total. The second-order valence-electron chi connectivity index (χ2n) is 8.11. The van der Waals surface area contributed by atoms with Crippen LogP contribution < -0.4 is 14.4 Å². The summed E-state index contributed by atoms with van der Waals surface area (Å²) in [7, 11) is -1.87. The average molecular weight is 477 g/mol. The number of rotatable bonds is 7. The molecule has 0 aliphatic carbocycles. The van der Waals surface area contributed by atoms with Crippen molar-refractivity contribution in [3.63, 3.8) is 0 Å². The summed E-state index contributed by atoms with van der Waals surface area (Å²) in [6, 6.07) is 9.77. The summed E-state index contributed by atoms with van der Waals surface area (Å²) < 4.78 is 38.8. The molecule has 0 atom stereocenters. The van der Waals surface area contributed by atoms with E-state index in [0.717, 1.165) is 5.56 Å². The summed E-state index contributed by atoms with van der Waals surface area (Å²) in [5, 5.41) is 11.9. The smallest absolute Gasteiger partial charge is 0.293 e. The van der Waals surface area contributed by atoms with E-state index in [1.807, 2.05) is 37.1 Å². The molecule has 1 fully saturated rings. The van der Waals surface area contributed by atoms with Crippen molar-refractivity contribution >= 4 is 21.4 Å². The maximum atomic E-state index is 13.1. The second kappa shape index (κ2) is 9.54. The van der Waals surface area contributed by atoms with E-state index in [1.165, 1.54) is 22.5 Å². The molecule has 4 rings (SSSR count). The Morgan fingerprint density at radius 2 is 1.73 bits per heavy atom. The molecule has 2 aliphatic rings. The highest BCUT2D eigenvalue weighted by atomic mass is 32.2. The van der Waals surface area contributed by atoms with Crippen molar-refractivity contribution < 1.29 is 22.8 Å². The summed E-state index contributed by atoms with van der Waals surface area (Å²) in [6.45, 7) is 5.75. The predicted octanol–water partition coefficient (Wildman–Crippen LogP) is 2.33. The first-order valence-electron chi connectivity index (χ1n) is 10.9. The Bertz CT molecular complexity index is 1130. The molecule has 0 unspecified atom stereocenters. The van der Waals surface area contributed by atoms with Crippen LogP contribution >= 0.6 is 0 Å². The van der Waals surface area contributed by atoms with Crippen LogP contribution in [0.5, 0.6) is 11.5 Å². The van der Waals surface area contributed by atoms with E-state index < -0.39 is 14.9 Å². The van der Waals surface area contributed by atoms with E-state index in [1.54, 1.807) is 0 Å². The van der Waals surface area contributed by atoms with Crippen LogP contribution in [0, 0.1) is 10.1 Å². The van der Waals surface area contributed by atoms with E-state index in [-0.39, 0.29) is 10.6 Å². The van der Waals surface area contributed by atoms with Gasteiger partial charge in [-0.15, -0.1) is 0 Å². The monoisotopic (exact) mass is 476 g/mol. The highest BCUT2D eigenvalue weighted by molar-refractivity contribution is 7.89. The van der Waals surface area contributed by atoms with Crippen molar-refractivity contribution in [2.45, 2.75) is 18.4 Å². The number of piperazine rings is 1. The van der Waals surface area contributed by atoms with Gasteiger partial charge in [0.1, 0.15) is 18.9 Å². The molecule has 0 spiro atoms. The van der Waals surface area contributed by atoms with Crippen molar-refractivity contribution in [3.8, 4) is 11.5 Å². The summed E-state index contributed by atoms with van der Waals surface area (Å²) in [5.41, 5.74) is 1.05. The molecule has 0 bridgehead atoms. The number of ether oxygens (including phenoxy) is 2. The number of nitro benzene ring substituents is 1. The molecule has 10 nitrogen and oxygen atoms in total. The molecule has 1 saturated heterocycles. The fourth-order valence-corrected chi connectivity index (χ4v) is 5.47. The molecule has 0 aromatic heterocycles. The molecule has 0 radical (unpaired) electrons. The first-order chi connectivity index (χ1) is 15.8. The summed E-state index contributed by atoms with van der Waals surface area (Å²) in [5.74, 6) is 1.33. The maximum Gasteiger partial charge on any atom is 0.293 e. The van der Waals surface area contributed by atoms with Crippen LogP contribution in [0.15, 0.2) is 41.3 Å². The Kier molecular flexibility index (Phi) is 6.73. The number of fused-ring (bicyclic) bond motifs is 1. The number of hydrogen-bond donors (Lipinski definition) is 0. The molecule has 2 heterocycles. The van der Waals surface area contributed by atoms with Gasteiger partial charge in [0.15, 0.2) is 11.5 Å². The van der Waals surface area contributed by atoms with Gasteiger partial charge in [0, 0.05) is 45.3 Å². The van der Waals surface area contributed by atoms with Gasteiger partial charge in [-0.05, 0) is 43.8 Å². The summed E-state index contributed by atoms with van der Waals surface area (Å²) in [4.78, 5) is 15.2. The molecule has 178 valence electrons. The summed E-state index contributed by atoms with van der Waals surface area (Å²) >= 11 is 0. The van der Waals surface area contributed by atoms with Crippen LogP contribution in [0.2, 0.25) is 0 Å². The van der Waals surface area contributed by atoms with E-state index in [2.05, 4.69) is 4.90 Å². The summed E-state index contributed by atoms with van der Waals surface area (Å²) in [6.07, 6.45) is 0. The molecular weight excluding hydrogens is 448 g/mol. The highest BCUT2D eigenvalue weighted by Crippen LogP contribution is 2.35. The van der Waals surface area contributed by atoms with Crippen LogP contribution in [-0.2, 0) is 16.6 Å². The SMILES string of the molecule is CCN(Cc1ccc2c(c1)OCCO2)c1ccc(S(=O)(=O)N2CCN(C)CC2)cc1[N+](=O)[O-]. The average Bonchev–Trinajstić information content (AvgIpc) is 2.82. The Labute approximate surface area is 193 Å². The minimum absolute atomic E-state index is 0.0575. The maximum absolute atomic E-state index is 13.1. The molecule has 11 heteroatoms. The lowest BCUT2D eigenvalue weighted by Crippen LogP contribution is -2.47. The molecular formula is C22H28N4O6S. The molecule has 2 aliphatic heterocycles. The van der Waals surface area contributed by atoms with E-state index in [9.17, 15) is 18.5 Å².